The summed E-state index contributed by atoms with van der Waals surface area (Å²) in [5.74, 6) is 0.607. The Hall–Kier alpha value is -7.75. The Morgan fingerprint density at radius 2 is 0.823 bits per heavy atom. The second kappa shape index (κ2) is 12.9. The molecule has 13 rings (SSSR count). The highest BCUT2D eigenvalue weighted by Gasteiger charge is 2.53. The summed E-state index contributed by atoms with van der Waals surface area (Å²) >= 11 is 0. The van der Waals surface area contributed by atoms with Gasteiger partial charge in [0.05, 0.1) is 5.41 Å². The molecule has 1 heterocycles. The van der Waals surface area contributed by atoms with Crippen LogP contribution in [-0.4, -0.2) is 15.2 Å². The van der Waals surface area contributed by atoms with Gasteiger partial charge in [0, 0.05) is 22.1 Å². The minimum Gasteiger partial charge on any atom is -0.224 e. The third-order valence-electron chi connectivity index (χ3n) is 14.1. The van der Waals surface area contributed by atoms with Crippen molar-refractivity contribution in [3.8, 4) is 78.4 Å². The fraction of sp³-hybridized carbons (Fsp3) is 0.0678. The van der Waals surface area contributed by atoms with Crippen LogP contribution in [0.4, 0.5) is 0 Å². The molecule has 1 spiro atoms. The highest BCUT2D eigenvalue weighted by Crippen LogP contribution is 2.63. The van der Waals surface area contributed by atoms with Crippen LogP contribution in [0.3, 0.4) is 0 Å². The van der Waals surface area contributed by atoms with E-state index in [0.29, 0.717) is 5.82 Å². The summed E-state index contributed by atoms with van der Waals surface area (Å²) in [6.07, 6.45) is 0. The van der Waals surface area contributed by atoms with Gasteiger partial charge in [0.15, 0.2) is 5.82 Å². The lowest BCUT2D eigenvalue weighted by atomic mass is 9.55. The number of hydrogen-bond donors (Lipinski definition) is 0. The molecular weight excluding hydrogens is 751 g/mol. The van der Waals surface area contributed by atoms with E-state index in [0.717, 1.165) is 44.6 Å². The van der Waals surface area contributed by atoms with Gasteiger partial charge in [-0.3, -0.25) is 0 Å². The average Bonchev–Trinajstić information content (AvgIpc) is 3.83. The van der Waals surface area contributed by atoms with E-state index < -0.39 is 5.41 Å². The van der Waals surface area contributed by atoms with Gasteiger partial charge in [-0.1, -0.05) is 214 Å². The molecule has 0 saturated carbocycles. The van der Waals surface area contributed by atoms with Gasteiger partial charge in [0.25, 0.3) is 0 Å². The summed E-state index contributed by atoms with van der Waals surface area (Å²) in [5, 5.41) is 12.7. The number of benzene rings is 9. The molecule has 0 atom stereocenters. The van der Waals surface area contributed by atoms with Crippen LogP contribution in [0.5, 0.6) is 0 Å². The maximum atomic E-state index is 5.62. The van der Waals surface area contributed by atoms with Gasteiger partial charge in [-0.2, -0.15) is 0 Å². The number of fused-ring (bicyclic) bond motifs is 12. The zero-order valence-electron chi connectivity index (χ0n) is 34.4. The van der Waals surface area contributed by atoms with E-state index in [1.807, 2.05) is 0 Å². The van der Waals surface area contributed by atoms with Crippen molar-refractivity contribution in [2.75, 3.05) is 0 Å². The predicted octanol–water partition coefficient (Wildman–Crippen LogP) is 14.3. The lowest BCUT2D eigenvalue weighted by Gasteiger charge is -2.46. The van der Waals surface area contributed by atoms with Gasteiger partial charge in [-0.15, -0.1) is 10.2 Å². The fourth-order valence-electron chi connectivity index (χ4n) is 11.4. The molecule has 1 aromatic heterocycles. The Labute approximate surface area is 361 Å². The van der Waals surface area contributed by atoms with Crippen LogP contribution in [0.2, 0.25) is 0 Å². The van der Waals surface area contributed by atoms with Crippen molar-refractivity contribution in [1.82, 2.24) is 15.2 Å². The van der Waals surface area contributed by atoms with Crippen molar-refractivity contribution >= 4 is 10.8 Å². The van der Waals surface area contributed by atoms with Gasteiger partial charge < -0.3 is 0 Å². The largest absolute Gasteiger partial charge is 0.224 e. The van der Waals surface area contributed by atoms with Gasteiger partial charge in [0.1, 0.15) is 11.4 Å². The highest BCUT2D eigenvalue weighted by atomic mass is 15.2. The standard InChI is InChI=1S/C59H39N3/c1-58(2)48-25-10-12-27-50(48)59(51-28-13-11-26-49(51)58)47-24-9-8-20-45(47)54-46(23-15-29-52(54)59)57-60-55(38-32-30-37(31-33-38)36-16-4-3-5-17-36)56(61-62-57)44-35-34-43-40-19-7-6-18-39(40)41-21-14-22-42(44)53(41)43/h3-35H,1-2H3. The third-order valence-corrected chi connectivity index (χ3v) is 14.1. The van der Waals surface area contributed by atoms with Crippen LogP contribution in [-0.2, 0) is 10.8 Å². The molecule has 0 bridgehead atoms. The summed E-state index contributed by atoms with van der Waals surface area (Å²) in [7, 11) is 0. The zero-order chi connectivity index (χ0) is 41.2. The summed E-state index contributed by atoms with van der Waals surface area (Å²) in [6.45, 7) is 4.73. The minimum absolute atomic E-state index is 0.174. The first-order valence-electron chi connectivity index (χ1n) is 21.5. The van der Waals surface area contributed by atoms with E-state index >= 15 is 0 Å². The Morgan fingerprint density at radius 3 is 1.53 bits per heavy atom. The van der Waals surface area contributed by atoms with Crippen LogP contribution in [0.25, 0.3) is 89.2 Å². The summed E-state index contributed by atoms with van der Waals surface area (Å²) < 4.78 is 0. The molecule has 0 saturated heterocycles. The van der Waals surface area contributed by atoms with Crippen molar-refractivity contribution in [3.05, 3.63) is 234 Å². The average molecular weight is 790 g/mol. The van der Waals surface area contributed by atoms with E-state index in [4.69, 9.17) is 15.2 Å². The number of rotatable bonds is 4. The Balaban J connectivity index is 1.06. The Morgan fingerprint density at radius 1 is 0.323 bits per heavy atom. The maximum Gasteiger partial charge on any atom is 0.183 e. The van der Waals surface area contributed by atoms with Crippen molar-refractivity contribution in [1.29, 1.82) is 0 Å². The van der Waals surface area contributed by atoms with Crippen LogP contribution < -0.4 is 0 Å². The van der Waals surface area contributed by atoms with Gasteiger partial charge >= 0.3 is 0 Å². The number of hydrogen-bond acceptors (Lipinski definition) is 3. The summed E-state index contributed by atoms with van der Waals surface area (Å²) in [4.78, 5) is 5.62. The SMILES string of the molecule is CC1(C)c2ccccc2C2(c3ccccc3-c3c(-c4nnc(-c5ccc6c7c(cccc57)-c5ccccc5-6)c(-c5ccc(-c6ccccc6)cc5)n4)cccc32)c2ccccc21. The van der Waals surface area contributed by atoms with E-state index in [1.54, 1.807) is 0 Å². The molecule has 3 nitrogen and oxygen atoms in total. The van der Waals surface area contributed by atoms with Gasteiger partial charge in [-0.25, -0.2) is 4.98 Å². The summed E-state index contributed by atoms with van der Waals surface area (Å²) in [5.41, 5.74) is 21.5. The van der Waals surface area contributed by atoms with Crippen LogP contribution in [0.15, 0.2) is 200 Å². The van der Waals surface area contributed by atoms with E-state index in [1.165, 1.54) is 72.1 Å². The summed E-state index contributed by atoms with van der Waals surface area (Å²) in [6, 6.07) is 73.0. The molecule has 10 aromatic rings. The topological polar surface area (TPSA) is 38.7 Å². The van der Waals surface area contributed by atoms with Crippen LogP contribution in [0, 0.1) is 0 Å². The molecule has 0 amide bonds. The number of aromatic nitrogens is 3. The lowest BCUT2D eigenvalue weighted by Crippen LogP contribution is -2.40. The van der Waals surface area contributed by atoms with Gasteiger partial charge in [-0.05, 0) is 88.7 Å². The second-order valence-electron chi connectivity index (χ2n) is 17.5. The van der Waals surface area contributed by atoms with Gasteiger partial charge in [0.2, 0.25) is 0 Å². The first-order valence-corrected chi connectivity index (χ1v) is 21.5. The van der Waals surface area contributed by atoms with Crippen molar-refractivity contribution in [2.45, 2.75) is 24.7 Å². The first kappa shape index (κ1) is 35.0. The van der Waals surface area contributed by atoms with E-state index in [9.17, 15) is 0 Å². The number of nitrogens with zero attached hydrogens (tertiary/aromatic N) is 3. The first-order chi connectivity index (χ1) is 30.5. The molecule has 0 unspecified atom stereocenters. The molecule has 0 radical (unpaired) electrons. The molecule has 3 heteroatoms. The fourth-order valence-corrected chi connectivity index (χ4v) is 11.4. The molecule has 0 N–H and O–H groups in total. The van der Waals surface area contributed by atoms with Crippen molar-refractivity contribution in [3.63, 3.8) is 0 Å². The van der Waals surface area contributed by atoms with E-state index in [2.05, 4.69) is 214 Å². The minimum atomic E-state index is -0.518. The molecule has 9 aromatic carbocycles. The third kappa shape index (κ3) is 4.63. The Kier molecular flexibility index (Phi) is 7.28. The quantitative estimate of drug-likeness (QED) is 0.178. The molecule has 62 heavy (non-hydrogen) atoms. The molecule has 290 valence electrons. The molecular formula is C59H39N3. The van der Waals surface area contributed by atoms with Crippen molar-refractivity contribution in [2.24, 2.45) is 0 Å². The second-order valence-corrected chi connectivity index (χ2v) is 17.5. The maximum absolute atomic E-state index is 5.62. The zero-order valence-corrected chi connectivity index (χ0v) is 34.4. The normalized spacial score (nSPS) is 14.2. The smallest absolute Gasteiger partial charge is 0.183 e. The predicted molar refractivity (Wildman–Crippen MR) is 253 cm³/mol. The molecule has 0 fully saturated rings. The Bertz CT molecular complexity index is 3410. The lowest BCUT2D eigenvalue weighted by molar-refractivity contribution is 0.563. The molecule has 3 aliphatic rings. The molecule has 0 aliphatic heterocycles. The van der Waals surface area contributed by atoms with Crippen LogP contribution in [0.1, 0.15) is 47.2 Å². The van der Waals surface area contributed by atoms with Crippen molar-refractivity contribution < 1.29 is 0 Å². The molecule has 3 aliphatic carbocycles. The highest BCUT2D eigenvalue weighted by molar-refractivity contribution is 6.19. The van der Waals surface area contributed by atoms with E-state index in [-0.39, 0.29) is 5.41 Å². The van der Waals surface area contributed by atoms with Crippen LogP contribution >= 0.6 is 0 Å². The monoisotopic (exact) mass is 789 g/mol.